The van der Waals surface area contributed by atoms with Crippen molar-refractivity contribution in [3.63, 3.8) is 0 Å². The standard InChI is InChI=1S/C14H20N2O3/c1-11-6-8-15(9-7-11)10-14(17)12-2-4-13(5-3-12)16(18)19/h2-5,11,14,17H,6-10H2,1H3/t14-/m0/s1. The van der Waals surface area contributed by atoms with Gasteiger partial charge in [-0.15, -0.1) is 0 Å². The number of aliphatic hydroxyl groups excluding tert-OH is 1. The summed E-state index contributed by atoms with van der Waals surface area (Å²) in [7, 11) is 0. The van der Waals surface area contributed by atoms with Crippen molar-refractivity contribution < 1.29 is 10.0 Å². The molecule has 1 aliphatic heterocycles. The molecule has 1 atom stereocenters. The average molecular weight is 264 g/mol. The minimum absolute atomic E-state index is 0.0581. The number of non-ortho nitro benzene ring substituents is 1. The van der Waals surface area contributed by atoms with Gasteiger partial charge in [-0.25, -0.2) is 0 Å². The number of nitrogens with zero attached hydrogens (tertiary/aromatic N) is 2. The molecular formula is C14H20N2O3. The molecule has 0 aliphatic carbocycles. The monoisotopic (exact) mass is 264 g/mol. The van der Waals surface area contributed by atoms with Crippen LogP contribution in [0.2, 0.25) is 0 Å². The van der Waals surface area contributed by atoms with Crippen LogP contribution in [-0.4, -0.2) is 34.6 Å². The SMILES string of the molecule is CC1CCN(C[C@H](O)c2ccc([N+](=O)[O-])cc2)CC1. The van der Waals surface area contributed by atoms with Crippen molar-refractivity contribution in [3.05, 3.63) is 39.9 Å². The molecule has 0 unspecified atom stereocenters. The Morgan fingerprint density at radius 3 is 2.47 bits per heavy atom. The Kier molecular flexibility index (Phi) is 4.50. The van der Waals surface area contributed by atoms with E-state index in [9.17, 15) is 15.2 Å². The summed E-state index contributed by atoms with van der Waals surface area (Å²) in [6.45, 7) is 4.89. The van der Waals surface area contributed by atoms with Gasteiger partial charge in [-0.1, -0.05) is 6.92 Å². The first-order valence-electron chi connectivity index (χ1n) is 6.71. The fourth-order valence-electron chi connectivity index (χ4n) is 2.41. The van der Waals surface area contributed by atoms with Crippen LogP contribution in [-0.2, 0) is 0 Å². The molecule has 5 nitrogen and oxygen atoms in total. The second-order valence-electron chi connectivity index (χ2n) is 5.35. The summed E-state index contributed by atoms with van der Waals surface area (Å²) < 4.78 is 0. The Morgan fingerprint density at radius 1 is 1.37 bits per heavy atom. The van der Waals surface area contributed by atoms with Crippen LogP contribution in [0.3, 0.4) is 0 Å². The summed E-state index contributed by atoms with van der Waals surface area (Å²) in [6.07, 6.45) is 1.77. The predicted octanol–water partition coefficient (Wildman–Crippen LogP) is 2.36. The summed E-state index contributed by atoms with van der Waals surface area (Å²) in [5.74, 6) is 0.771. The third-order valence-corrected chi connectivity index (χ3v) is 3.80. The average Bonchev–Trinajstić information content (AvgIpc) is 2.41. The van der Waals surface area contributed by atoms with E-state index in [1.54, 1.807) is 12.1 Å². The minimum atomic E-state index is -0.575. The predicted molar refractivity (Wildman–Crippen MR) is 72.9 cm³/mol. The number of benzene rings is 1. The Labute approximate surface area is 113 Å². The number of rotatable bonds is 4. The van der Waals surface area contributed by atoms with Crippen molar-refractivity contribution >= 4 is 5.69 Å². The van der Waals surface area contributed by atoms with Crippen LogP contribution in [0.25, 0.3) is 0 Å². The summed E-state index contributed by atoms with van der Waals surface area (Å²) in [5, 5.41) is 20.7. The van der Waals surface area contributed by atoms with Crippen LogP contribution >= 0.6 is 0 Å². The number of aliphatic hydroxyl groups is 1. The maximum Gasteiger partial charge on any atom is 0.269 e. The topological polar surface area (TPSA) is 66.6 Å². The zero-order valence-corrected chi connectivity index (χ0v) is 11.2. The molecule has 1 heterocycles. The third-order valence-electron chi connectivity index (χ3n) is 3.80. The van der Waals surface area contributed by atoms with E-state index in [4.69, 9.17) is 0 Å². The first-order valence-corrected chi connectivity index (χ1v) is 6.71. The van der Waals surface area contributed by atoms with Gasteiger partial charge in [-0.2, -0.15) is 0 Å². The van der Waals surface area contributed by atoms with Gasteiger partial charge in [0.25, 0.3) is 5.69 Å². The quantitative estimate of drug-likeness (QED) is 0.669. The van der Waals surface area contributed by atoms with Gasteiger partial charge in [0.15, 0.2) is 0 Å². The second kappa shape index (κ2) is 6.12. The second-order valence-corrected chi connectivity index (χ2v) is 5.35. The Bertz CT molecular complexity index is 425. The van der Waals surface area contributed by atoms with E-state index in [1.165, 1.54) is 25.0 Å². The number of hydrogen-bond donors (Lipinski definition) is 1. The molecule has 0 aromatic heterocycles. The van der Waals surface area contributed by atoms with Gasteiger partial charge in [-0.05, 0) is 49.5 Å². The summed E-state index contributed by atoms with van der Waals surface area (Å²) in [5.41, 5.74) is 0.798. The molecule has 0 saturated carbocycles. The van der Waals surface area contributed by atoms with Crippen molar-refractivity contribution in [3.8, 4) is 0 Å². The van der Waals surface area contributed by atoms with Gasteiger partial charge in [0, 0.05) is 18.7 Å². The van der Waals surface area contributed by atoms with Crippen LogP contribution in [0.1, 0.15) is 31.4 Å². The van der Waals surface area contributed by atoms with Crippen molar-refractivity contribution in [1.29, 1.82) is 0 Å². The number of likely N-dealkylation sites (tertiary alicyclic amines) is 1. The van der Waals surface area contributed by atoms with Crippen LogP contribution < -0.4 is 0 Å². The molecule has 0 bridgehead atoms. The molecule has 0 amide bonds. The zero-order chi connectivity index (χ0) is 13.8. The number of piperidine rings is 1. The molecular weight excluding hydrogens is 244 g/mol. The highest BCUT2D eigenvalue weighted by atomic mass is 16.6. The van der Waals surface area contributed by atoms with E-state index >= 15 is 0 Å². The number of β-amino-alcohol motifs (C(OH)–C–C–N with tert-alkyl or cyclic N) is 1. The molecule has 1 N–H and O–H groups in total. The Balaban J connectivity index is 1.92. The molecule has 19 heavy (non-hydrogen) atoms. The number of nitro groups is 1. The molecule has 1 aromatic carbocycles. The number of nitro benzene ring substituents is 1. The first kappa shape index (κ1) is 14.0. The van der Waals surface area contributed by atoms with Gasteiger partial charge in [0.05, 0.1) is 11.0 Å². The fraction of sp³-hybridized carbons (Fsp3) is 0.571. The summed E-state index contributed by atoms with van der Waals surface area (Å²) >= 11 is 0. The lowest BCUT2D eigenvalue weighted by Crippen LogP contribution is -2.35. The maximum absolute atomic E-state index is 10.6. The van der Waals surface area contributed by atoms with Gasteiger partial charge >= 0.3 is 0 Å². The highest BCUT2D eigenvalue weighted by Crippen LogP contribution is 2.21. The van der Waals surface area contributed by atoms with E-state index in [0.29, 0.717) is 6.54 Å². The van der Waals surface area contributed by atoms with Crippen molar-refractivity contribution in [2.45, 2.75) is 25.9 Å². The molecule has 104 valence electrons. The normalized spacial score (nSPS) is 19.3. The molecule has 1 saturated heterocycles. The largest absolute Gasteiger partial charge is 0.387 e. The maximum atomic E-state index is 10.6. The van der Waals surface area contributed by atoms with E-state index < -0.39 is 11.0 Å². The van der Waals surface area contributed by atoms with Crippen molar-refractivity contribution in [2.75, 3.05) is 19.6 Å². The van der Waals surface area contributed by atoms with Crippen molar-refractivity contribution in [1.82, 2.24) is 4.90 Å². The summed E-state index contributed by atoms with van der Waals surface area (Å²) in [6, 6.07) is 6.15. The first-order chi connectivity index (χ1) is 9.06. The van der Waals surface area contributed by atoms with Gasteiger partial charge in [-0.3, -0.25) is 10.1 Å². The highest BCUT2D eigenvalue weighted by Gasteiger charge is 2.19. The molecule has 5 heteroatoms. The summed E-state index contributed by atoms with van der Waals surface area (Å²) in [4.78, 5) is 12.4. The molecule has 2 rings (SSSR count). The lowest BCUT2D eigenvalue weighted by atomic mass is 9.98. The van der Waals surface area contributed by atoms with Gasteiger partial charge in [0.1, 0.15) is 0 Å². The molecule has 1 aliphatic rings. The lowest BCUT2D eigenvalue weighted by Gasteiger charge is -2.31. The molecule has 0 spiro atoms. The van der Waals surface area contributed by atoms with Crippen LogP contribution in [0.5, 0.6) is 0 Å². The third kappa shape index (κ3) is 3.75. The fourth-order valence-corrected chi connectivity index (χ4v) is 2.41. The Hall–Kier alpha value is -1.46. The lowest BCUT2D eigenvalue weighted by molar-refractivity contribution is -0.384. The van der Waals surface area contributed by atoms with E-state index in [2.05, 4.69) is 11.8 Å². The highest BCUT2D eigenvalue weighted by molar-refractivity contribution is 5.33. The van der Waals surface area contributed by atoms with E-state index in [1.807, 2.05) is 0 Å². The zero-order valence-electron chi connectivity index (χ0n) is 11.2. The van der Waals surface area contributed by atoms with E-state index in [0.717, 1.165) is 24.6 Å². The van der Waals surface area contributed by atoms with Crippen LogP contribution in [0.4, 0.5) is 5.69 Å². The van der Waals surface area contributed by atoms with Crippen LogP contribution in [0.15, 0.2) is 24.3 Å². The smallest absolute Gasteiger partial charge is 0.269 e. The van der Waals surface area contributed by atoms with Gasteiger partial charge < -0.3 is 10.0 Å². The van der Waals surface area contributed by atoms with Crippen molar-refractivity contribution in [2.24, 2.45) is 5.92 Å². The van der Waals surface area contributed by atoms with Crippen LogP contribution in [0, 0.1) is 16.0 Å². The minimum Gasteiger partial charge on any atom is -0.387 e. The van der Waals surface area contributed by atoms with E-state index in [-0.39, 0.29) is 5.69 Å². The van der Waals surface area contributed by atoms with Gasteiger partial charge in [0.2, 0.25) is 0 Å². The number of hydrogen-bond acceptors (Lipinski definition) is 4. The Morgan fingerprint density at radius 2 is 1.95 bits per heavy atom. The molecule has 0 radical (unpaired) electrons. The molecule has 1 fully saturated rings. The molecule has 1 aromatic rings.